The Balaban J connectivity index is 1.31. The first-order valence-corrected chi connectivity index (χ1v) is 13.7. The Kier molecular flexibility index (Phi) is 9.07. The lowest BCUT2D eigenvalue weighted by molar-refractivity contribution is 0.0746. The van der Waals surface area contributed by atoms with Gasteiger partial charge in [-0.2, -0.15) is 0 Å². The molecule has 1 aliphatic heterocycles. The van der Waals surface area contributed by atoms with Crippen molar-refractivity contribution in [1.29, 1.82) is 0 Å². The number of rotatable bonds is 5. The molecule has 0 spiro atoms. The molecule has 0 unspecified atom stereocenters. The molecular weight excluding hydrogens is 644 g/mol. The molecule has 2 N–H and O–H groups in total. The van der Waals surface area contributed by atoms with Crippen LogP contribution in [-0.2, 0) is 0 Å². The summed E-state index contributed by atoms with van der Waals surface area (Å²) < 4.78 is 6.73. The molecule has 1 saturated heterocycles. The van der Waals surface area contributed by atoms with E-state index < -0.39 is 0 Å². The van der Waals surface area contributed by atoms with Crippen molar-refractivity contribution in [2.75, 3.05) is 43.5 Å². The first kappa shape index (κ1) is 27.4. The Bertz CT molecular complexity index is 1310. The molecule has 11 heteroatoms. The van der Waals surface area contributed by atoms with E-state index in [4.69, 9.17) is 28.6 Å². The summed E-state index contributed by atoms with van der Waals surface area (Å²) in [6, 6.07) is 18.2. The van der Waals surface area contributed by atoms with Gasteiger partial charge in [-0.05, 0) is 88.8 Å². The third-order valence-electron chi connectivity index (χ3n) is 5.83. The van der Waals surface area contributed by atoms with Gasteiger partial charge in [-0.25, -0.2) is 0 Å². The van der Waals surface area contributed by atoms with E-state index in [1.54, 1.807) is 36.4 Å². The number of hydrogen-bond donors (Lipinski definition) is 2. The Morgan fingerprint density at radius 1 is 0.973 bits per heavy atom. The van der Waals surface area contributed by atoms with Crippen molar-refractivity contribution in [1.82, 2.24) is 10.2 Å². The van der Waals surface area contributed by atoms with Crippen molar-refractivity contribution in [3.8, 4) is 5.75 Å². The molecule has 3 aromatic rings. The van der Waals surface area contributed by atoms with Gasteiger partial charge in [0.05, 0.1) is 17.1 Å². The summed E-state index contributed by atoms with van der Waals surface area (Å²) in [6.07, 6.45) is 0. The van der Waals surface area contributed by atoms with Gasteiger partial charge in [-0.15, -0.1) is 0 Å². The minimum atomic E-state index is -0.390. The average molecular weight is 667 g/mol. The largest absolute Gasteiger partial charge is 0.495 e. The number of amides is 2. The molecule has 0 aliphatic carbocycles. The van der Waals surface area contributed by atoms with Crippen molar-refractivity contribution in [2.24, 2.45) is 0 Å². The predicted molar refractivity (Wildman–Crippen MR) is 158 cm³/mol. The van der Waals surface area contributed by atoms with Gasteiger partial charge >= 0.3 is 0 Å². The number of nitrogens with one attached hydrogen (secondary N) is 2. The number of nitrogens with zero attached hydrogens (tertiary/aromatic N) is 2. The van der Waals surface area contributed by atoms with Gasteiger partial charge in [0.25, 0.3) is 11.8 Å². The van der Waals surface area contributed by atoms with E-state index in [2.05, 4.69) is 47.4 Å². The lowest BCUT2D eigenvalue weighted by Crippen LogP contribution is -2.48. The molecule has 0 radical (unpaired) electrons. The number of carbonyl (C=O) groups is 2. The lowest BCUT2D eigenvalue weighted by Gasteiger charge is -2.36. The zero-order valence-electron chi connectivity index (χ0n) is 19.8. The molecule has 192 valence electrons. The number of piperazine rings is 1. The van der Waals surface area contributed by atoms with Gasteiger partial charge in [0, 0.05) is 52.6 Å². The Morgan fingerprint density at radius 2 is 1.62 bits per heavy atom. The van der Waals surface area contributed by atoms with Gasteiger partial charge in [0.2, 0.25) is 0 Å². The fourth-order valence-corrected chi connectivity index (χ4v) is 5.69. The normalized spacial score (nSPS) is 13.2. The van der Waals surface area contributed by atoms with Crippen molar-refractivity contribution < 1.29 is 14.3 Å². The Labute approximate surface area is 242 Å². The van der Waals surface area contributed by atoms with Crippen LogP contribution in [0.15, 0.2) is 69.6 Å². The molecule has 3 aromatic carbocycles. The quantitative estimate of drug-likeness (QED) is 0.328. The van der Waals surface area contributed by atoms with Gasteiger partial charge in [-0.1, -0.05) is 27.5 Å². The highest BCUT2D eigenvalue weighted by molar-refractivity contribution is 9.11. The second kappa shape index (κ2) is 12.3. The molecular formula is C26H23Br2ClN4O3S. The molecule has 0 atom stereocenters. The minimum absolute atomic E-state index is 0.0132. The average Bonchev–Trinajstić information content (AvgIpc) is 2.89. The molecule has 2 amide bonds. The fourth-order valence-electron chi connectivity index (χ4n) is 3.97. The first-order chi connectivity index (χ1) is 17.7. The zero-order chi connectivity index (χ0) is 26.5. The van der Waals surface area contributed by atoms with Crippen LogP contribution in [0.1, 0.15) is 20.7 Å². The van der Waals surface area contributed by atoms with Gasteiger partial charge in [0.15, 0.2) is 5.11 Å². The fraction of sp³-hybridized carbons (Fsp3) is 0.192. The predicted octanol–water partition coefficient (Wildman–Crippen LogP) is 5.96. The molecule has 0 aromatic heterocycles. The van der Waals surface area contributed by atoms with Crippen molar-refractivity contribution in [3.05, 3.63) is 85.8 Å². The van der Waals surface area contributed by atoms with E-state index in [1.807, 2.05) is 29.2 Å². The van der Waals surface area contributed by atoms with Crippen LogP contribution in [0.25, 0.3) is 0 Å². The van der Waals surface area contributed by atoms with Gasteiger partial charge in [0.1, 0.15) is 5.75 Å². The van der Waals surface area contributed by atoms with Crippen LogP contribution < -0.4 is 20.3 Å². The van der Waals surface area contributed by atoms with Crippen LogP contribution in [0.2, 0.25) is 5.02 Å². The maximum absolute atomic E-state index is 12.8. The summed E-state index contributed by atoms with van der Waals surface area (Å²) >= 11 is 18.0. The molecule has 37 heavy (non-hydrogen) atoms. The summed E-state index contributed by atoms with van der Waals surface area (Å²) in [6.45, 7) is 2.72. The summed E-state index contributed by atoms with van der Waals surface area (Å²) in [5.74, 6) is 0.0427. The van der Waals surface area contributed by atoms with Crippen LogP contribution >= 0.6 is 55.7 Å². The van der Waals surface area contributed by atoms with Gasteiger partial charge in [-0.3, -0.25) is 14.9 Å². The SMILES string of the molecule is COc1c(Br)cc(Br)cc1C(=O)NC(=S)Nc1ccc(N2CCN(C(=O)c3ccc(Cl)cc3)CC2)cc1. The second-order valence-corrected chi connectivity index (χ2v) is 10.8. The number of hydrogen-bond acceptors (Lipinski definition) is 5. The van der Waals surface area contributed by atoms with Gasteiger partial charge < -0.3 is 19.9 Å². The third-order valence-corrected chi connectivity index (χ3v) is 7.34. The topological polar surface area (TPSA) is 73.9 Å². The maximum atomic E-state index is 12.8. The number of ether oxygens (including phenoxy) is 1. The molecule has 1 fully saturated rings. The monoisotopic (exact) mass is 664 g/mol. The van der Waals surface area contributed by atoms with E-state index in [-0.39, 0.29) is 16.9 Å². The lowest BCUT2D eigenvalue weighted by atomic mass is 10.1. The first-order valence-electron chi connectivity index (χ1n) is 11.3. The number of benzene rings is 3. The standard InChI is InChI=1S/C26H23Br2ClN4O3S/c1-36-23-21(14-17(27)15-22(23)28)24(34)31-26(37)30-19-6-8-20(9-7-19)32-10-12-33(13-11-32)25(35)16-2-4-18(29)5-3-16/h2-9,14-15H,10-13H2,1H3,(H2,30,31,34,37). The van der Waals surface area contributed by atoms with E-state index in [0.29, 0.717) is 39.5 Å². The summed E-state index contributed by atoms with van der Waals surface area (Å²) in [5, 5.41) is 6.51. The van der Waals surface area contributed by atoms with Crippen molar-refractivity contribution in [2.45, 2.75) is 0 Å². The number of carbonyl (C=O) groups excluding carboxylic acids is 2. The molecule has 4 rings (SSSR count). The molecule has 0 saturated carbocycles. The van der Waals surface area contributed by atoms with Crippen LogP contribution in [0.4, 0.5) is 11.4 Å². The van der Waals surface area contributed by atoms with Crippen LogP contribution in [0.3, 0.4) is 0 Å². The Hall–Kier alpha value is -2.66. The smallest absolute Gasteiger partial charge is 0.261 e. The van der Waals surface area contributed by atoms with Crippen molar-refractivity contribution >= 4 is 84.0 Å². The zero-order valence-corrected chi connectivity index (χ0v) is 24.5. The van der Waals surface area contributed by atoms with E-state index in [9.17, 15) is 9.59 Å². The van der Waals surface area contributed by atoms with Crippen LogP contribution in [-0.4, -0.2) is 55.1 Å². The Morgan fingerprint density at radius 3 is 2.24 bits per heavy atom. The maximum Gasteiger partial charge on any atom is 0.261 e. The third kappa shape index (κ3) is 6.81. The molecule has 0 bridgehead atoms. The van der Waals surface area contributed by atoms with E-state index in [0.717, 1.165) is 28.9 Å². The highest BCUT2D eigenvalue weighted by atomic mass is 79.9. The molecule has 1 aliphatic rings. The highest BCUT2D eigenvalue weighted by Gasteiger charge is 2.22. The number of methoxy groups -OCH3 is 1. The van der Waals surface area contributed by atoms with Crippen molar-refractivity contribution in [3.63, 3.8) is 0 Å². The summed E-state index contributed by atoms with van der Waals surface area (Å²) in [4.78, 5) is 29.6. The number of halogens is 3. The minimum Gasteiger partial charge on any atom is -0.495 e. The number of anilines is 2. The van der Waals surface area contributed by atoms with E-state index in [1.165, 1.54) is 7.11 Å². The number of thiocarbonyl (C=S) groups is 1. The van der Waals surface area contributed by atoms with Crippen LogP contribution in [0.5, 0.6) is 5.75 Å². The second-order valence-electron chi connectivity index (χ2n) is 8.21. The van der Waals surface area contributed by atoms with Crippen LogP contribution in [0, 0.1) is 0 Å². The summed E-state index contributed by atoms with van der Waals surface area (Å²) in [5.41, 5.74) is 2.77. The summed E-state index contributed by atoms with van der Waals surface area (Å²) in [7, 11) is 1.50. The highest BCUT2D eigenvalue weighted by Crippen LogP contribution is 2.32. The molecule has 1 heterocycles. The molecule has 7 nitrogen and oxygen atoms in total. The van der Waals surface area contributed by atoms with E-state index >= 15 is 0 Å².